The lowest BCUT2D eigenvalue weighted by molar-refractivity contribution is -0.119. The van der Waals surface area contributed by atoms with E-state index in [2.05, 4.69) is 22.0 Å². The Morgan fingerprint density at radius 3 is 2.45 bits per heavy atom. The molecule has 1 heterocycles. The molecule has 7 nitrogen and oxygen atoms in total. The first-order chi connectivity index (χ1) is 15.7. The highest BCUT2D eigenvalue weighted by molar-refractivity contribution is 8.00. The van der Waals surface area contributed by atoms with Gasteiger partial charge in [-0.05, 0) is 61.6 Å². The molecule has 1 aliphatic heterocycles. The van der Waals surface area contributed by atoms with Gasteiger partial charge in [0, 0.05) is 12.1 Å². The predicted octanol–water partition coefficient (Wildman–Crippen LogP) is 3.86. The Balaban J connectivity index is 1.61. The summed E-state index contributed by atoms with van der Waals surface area (Å²) < 4.78 is 33.5. The molecular formula is C25H31N3O4S. The van der Waals surface area contributed by atoms with E-state index in [1.54, 1.807) is 13.0 Å². The number of amidine groups is 1. The molecule has 3 rings (SSSR count). The molecule has 2 aromatic carbocycles. The van der Waals surface area contributed by atoms with Crippen molar-refractivity contribution in [3.05, 3.63) is 70.3 Å². The van der Waals surface area contributed by atoms with E-state index in [0.717, 1.165) is 35.3 Å². The number of nitrogens with one attached hydrogen (secondary N) is 2. The molecule has 0 fully saturated rings. The van der Waals surface area contributed by atoms with Crippen molar-refractivity contribution in [3.8, 4) is 5.75 Å². The van der Waals surface area contributed by atoms with Gasteiger partial charge in [-0.3, -0.25) is 14.5 Å². The fraction of sp³-hybridized carbons (Fsp3) is 0.360. The quantitative estimate of drug-likeness (QED) is 0.545. The number of carbonyl (C=O) groups is 1. The summed E-state index contributed by atoms with van der Waals surface area (Å²) in [7, 11) is -3.73. The van der Waals surface area contributed by atoms with Crippen LogP contribution in [0.15, 0.2) is 53.0 Å². The summed E-state index contributed by atoms with van der Waals surface area (Å²) in [5.74, 6) is 0.713. The first-order valence-corrected chi connectivity index (χ1v) is 12.5. The minimum atomic E-state index is -3.73. The largest absolute Gasteiger partial charge is 0.494 e. The number of benzene rings is 2. The zero-order chi connectivity index (χ0) is 24.0. The van der Waals surface area contributed by atoms with Crippen LogP contribution in [0.25, 0.3) is 4.91 Å². The molecule has 176 valence electrons. The number of rotatable bonds is 9. The first-order valence-electron chi connectivity index (χ1n) is 11.1. The van der Waals surface area contributed by atoms with Gasteiger partial charge in [0.1, 0.15) is 23.0 Å². The van der Waals surface area contributed by atoms with Gasteiger partial charge < -0.3 is 10.1 Å². The number of aryl methyl sites for hydroxylation is 2. The molecule has 0 aliphatic carbocycles. The van der Waals surface area contributed by atoms with Crippen LogP contribution in [0, 0.1) is 13.8 Å². The summed E-state index contributed by atoms with van der Waals surface area (Å²) in [6.45, 7) is 8.60. The smallest absolute Gasteiger partial charge is 0.264 e. The van der Waals surface area contributed by atoms with Gasteiger partial charge in [-0.2, -0.15) is 0 Å². The summed E-state index contributed by atoms with van der Waals surface area (Å²) in [5, 5.41) is 2.81. The molecule has 0 saturated heterocycles. The number of ether oxygens (including phenoxy) is 1. The molecule has 0 atom stereocenters. The van der Waals surface area contributed by atoms with Gasteiger partial charge >= 0.3 is 0 Å². The average Bonchev–Trinajstić information content (AvgIpc) is 3.01. The number of hydrogen-bond acceptors (Lipinski definition) is 5. The van der Waals surface area contributed by atoms with Crippen molar-refractivity contribution in [2.75, 3.05) is 13.2 Å². The third-order valence-corrected chi connectivity index (χ3v) is 7.07. The standard InChI is InChI=1S/C25H31N3O4S/c1-5-6-13-32-22-11-8-20(9-12-22)15-26-23(29)16-27-25-19(4)24(33(30,31)28-25)21-10-7-17(2)18(3)14-21/h7-12,14H,5-6,13,15-16H2,1-4H3,(H,26,29)(H,27,28). The van der Waals surface area contributed by atoms with E-state index in [9.17, 15) is 13.2 Å². The van der Waals surface area contributed by atoms with E-state index in [4.69, 9.17) is 4.74 Å². The topological polar surface area (TPSA) is 96.9 Å². The SMILES string of the molecule is CCCCOc1ccc(CNC(=O)CN=C2NS(=O)(=O)C(c3ccc(C)c(C)c3)=C2C)cc1. The number of unbranched alkanes of at least 4 members (excludes halogenated alkanes) is 1. The van der Waals surface area contributed by atoms with Gasteiger partial charge in [0.15, 0.2) is 0 Å². The second-order valence-electron chi connectivity index (χ2n) is 8.15. The maximum absolute atomic E-state index is 12.7. The van der Waals surface area contributed by atoms with Crippen LogP contribution >= 0.6 is 0 Å². The molecule has 1 amide bonds. The number of nitrogens with zero attached hydrogens (tertiary/aromatic N) is 1. The Bertz CT molecular complexity index is 1180. The van der Waals surface area contributed by atoms with Gasteiger partial charge in [-0.1, -0.05) is 43.7 Å². The van der Waals surface area contributed by atoms with Crippen LogP contribution in [0.4, 0.5) is 0 Å². The fourth-order valence-electron chi connectivity index (χ4n) is 3.41. The minimum Gasteiger partial charge on any atom is -0.494 e. The second kappa shape index (κ2) is 10.7. The highest BCUT2D eigenvalue weighted by Crippen LogP contribution is 2.30. The highest BCUT2D eigenvalue weighted by atomic mass is 32.2. The number of sulfonamides is 1. The molecule has 0 saturated carbocycles. The maximum Gasteiger partial charge on any atom is 0.264 e. The molecule has 0 spiro atoms. The van der Waals surface area contributed by atoms with Crippen LogP contribution in [-0.4, -0.2) is 33.3 Å². The van der Waals surface area contributed by atoms with Crippen molar-refractivity contribution in [2.24, 2.45) is 4.99 Å². The fourth-order valence-corrected chi connectivity index (χ4v) is 4.93. The lowest BCUT2D eigenvalue weighted by Crippen LogP contribution is -2.28. The third kappa shape index (κ3) is 6.22. The van der Waals surface area contributed by atoms with Crippen molar-refractivity contribution >= 4 is 26.7 Å². The van der Waals surface area contributed by atoms with Gasteiger partial charge in [-0.25, -0.2) is 8.42 Å². The van der Waals surface area contributed by atoms with E-state index < -0.39 is 10.0 Å². The van der Waals surface area contributed by atoms with Crippen LogP contribution in [0.3, 0.4) is 0 Å². The lowest BCUT2D eigenvalue weighted by atomic mass is 10.0. The Morgan fingerprint density at radius 2 is 1.79 bits per heavy atom. The molecule has 2 aromatic rings. The molecule has 0 aromatic heterocycles. The van der Waals surface area contributed by atoms with Crippen molar-refractivity contribution in [3.63, 3.8) is 0 Å². The molecular weight excluding hydrogens is 438 g/mol. The average molecular weight is 470 g/mol. The van der Waals surface area contributed by atoms with Gasteiger partial charge in [0.25, 0.3) is 10.0 Å². The van der Waals surface area contributed by atoms with Crippen LogP contribution in [0.2, 0.25) is 0 Å². The Kier molecular flexibility index (Phi) is 7.92. The van der Waals surface area contributed by atoms with Gasteiger partial charge in [-0.15, -0.1) is 0 Å². The Hall–Kier alpha value is -3.13. The van der Waals surface area contributed by atoms with Crippen LogP contribution < -0.4 is 14.8 Å². The van der Waals surface area contributed by atoms with E-state index >= 15 is 0 Å². The predicted molar refractivity (Wildman–Crippen MR) is 132 cm³/mol. The van der Waals surface area contributed by atoms with Gasteiger partial charge in [0.05, 0.1) is 6.61 Å². The Morgan fingerprint density at radius 1 is 1.06 bits per heavy atom. The lowest BCUT2D eigenvalue weighted by Gasteiger charge is -2.07. The van der Waals surface area contributed by atoms with E-state index in [0.29, 0.717) is 24.3 Å². The van der Waals surface area contributed by atoms with E-state index in [1.807, 2.05) is 50.2 Å². The summed E-state index contributed by atoms with van der Waals surface area (Å²) in [6, 6.07) is 13.1. The maximum atomic E-state index is 12.7. The van der Waals surface area contributed by atoms with Crippen LogP contribution in [-0.2, 0) is 21.4 Å². The van der Waals surface area contributed by atoms with Crippen molar-refractivity contribution in [2.45, 2.75) is 47.1 Å². The number of carbonyl (C=O) groups excluding carboxylic acids is 1. The minimum absolute atomic E-state index is 0.173. The molecule has 1 aliphatic rings. The summed E-state index contributed by atoms with van der Waals surface area (Å²) >= 11 is 0. The molecule has 0 bridgehead atoms. The van der Waals surface area contributed by atoms with E-state index in [-0.39, 0.29) is 23.2 Å². The molecule has 33 heavy (non-hydrogen) atoms. The highest BCUT2D eigenvalue weighted by Gasteiger charge is 2.32. The first kappa shape index (κ1) is 24.5. The normalized spacial score (nSPS) is 16.1. The number of aliphatic imine (C=N–C) groups is 1. The van der Waals surface area contributed by atoms with Crippen LogP contribution in [0.1, 0.15) is 48.9 Å². The zero-order valence-corrected chi connectivity index (χ0v) is 20.4. The van der Waals surface area contributed by atoms with Crippen molar-refractivity contribution in [1.82, 2.24) is 10.0 Å². The monoisotopic (exact) mass is 469 g/mol. The third-order valence-electron chi connectivity index (χ3n) is 5.53. The zero-order valence-electron chi connectivity index (χ0n) is 19.6. The van der Waals surface area contributed by atoms with Gasteiger partial charge in [0.2, 0.25) is 5.91 Å². The number of hydrogen-bond donors (Lipinski definition) is 2. The summed E-state index contributed by atoms with van der Waals surface area (Å²) in [5.41, 5.74) is 4.15. The summed E-state index contributed by atoms with van der Waals surface area (Å²) in [4.78, 5) is 16.7. The molecule has 8 heteroatoms. The second-order valence-corrected chi connectivity index (χ2v) is 9.77. The van der Waals surface area contributed by atoms with Crippen LogP contribution in [0.5, 0.6) is 5.75 Å². The molecule has 0 unspecified atom stereocenters. The molecule has 2 N–H and O–H groups in total. The summed E-state index contributed by atoms with van der Waals surface area (Å²) in [6.07, 6.45) is 2.09. The molecule has 0 radical (unpaired) electrons. The number of amides is 1. The van der Waals surface area contributed by atoms with E-state index in [1.165, 1.54) is 0 Å². The Labute approximate surface area is 196 Å². The van der Waals surface area contributed by atoms with Crippen molar-refractivity contribution < 1.29 is 17.9 Å². The van der Waals surface area contributed by atoms with Crippen molar-refractivity contribution in [1.29, 1.82) is 0 Å².